The summed E-state index contributed by atoms with van der Waals surface area (Å²) in [5.41, 5.74) is 2.57. The highest BCUT2D eigenvalue weighted by molar-refractivity contribution is 9.10. The molecule has 0 aliphatic rings. The lowest BCUT2D eigenvalue weighted by Crippen LogP contribution is -2.22. The maximum atomic E-state index is 12.8. The monoisotopic (exact) mass is 422 g/mol. The molecule has 26 heavy (non-hydrogen) atoms. The number of hydrogen-bond donors (Lipinski definition) is 0. The van der Waals surface area contributed by atoms with Crippen LogP contribution < -0.4 is 10.1 Å². The fourth-order valence-corrected chi connectivity index (χ4v) is 4.33. The van der Waals surface area contributed by atoms with Crippen molar-refractivity contribution in [2.75, 3.05) is 0 Å². The van der Waals surface area contributed by atoms with Gasteiger partial charge in [0.05, 0.1) is 11.0 Å². The third-order valence-corrected chi connectivity index (χ3v) is 5.62. The van der Waals surface area contributed by atoms with Crippen LogP contribution in [0, 0.1) is 0 Å². The summed E-state index contributed by atoms with van der Waals surface area (Å²) >= 11 is 4.83. The molecule has 0 aliphatic heterocycles. The fraction of sp³-hybridized carbons (Fsp3) is 0. The minimum absolute atomic E-state index is 0.0703. The molecule has 0 atom stereocenters. The lowest BCUT2D eigenvalue weighted by molar-refractivity contribution is 0.571. The summed E-state index contributed by atoms with van der Waals surface area (Å²) in [5, 5.41) is 0. The first-order chi connectivity index (χ1) is 12.7. The number of halogens is 1. The van der Waals surface area contributed by atoms with Gasteiger partial charge in [-0.25, -0.2) is 9.38 Å². The number of rotatable bonds is 2. The van der Waals surface area contributed by atoms with Crippen molar-refractivity contribution in [1.82, 2.24) is 9.38 Å². The highest BCUT2D eigenvalue weighted by atomic mass is 79.9. The zero-order chi connectivity index (χ0) is 17.7. The molecule has 0 fully saturated rings. The van der Waals surface area contributed by atoms with E-state index in [2.05, 4.69) is 20.9 Å². The highest BCUT2D eigenvalue weighted by Gasteiger charge is 2.11. The van der Waals surface area contributed by atoms with Crippen molar-refractivity contribution in [1.29, 1.82) is 0 Å². The molecule has 3 heterocycles. The number of benzene rings is 2. The molecule has 0 unspecified atom stereocenters. The molecule has 0 aliphatic carbocycles. The largest absolute Gasteiger partial charge is 0.457 e. The molecule has 0 amide bonds. The van der Waals surface area contributed by atoms with Crippen molar-refractivity contribution in [3.63, 3.8) is 0 Å². The number of imidazole rings is 1. The number of para-hydroxylation sites is 2. The van der Waals surface area contributed by atoms with Crippen LogP contribution in [-0.4, -0.2) is 9.38 Å². The molecule has 0 spiro atoms. The van der Waals surface area contributed by atoms with E-state index in [1.807, 2.05) is 60.7 Å². The molecule has 0 saturated heterocycles. The second kappa shape index (κ2) is 5.93. The van der Waals surface area contributed by atoms with Gasteiger partial charge >= 0.3 is 0 Å². The van der Waals surface area contributed by atoms with Crippen LogP contribution in [0.3, 0.4) is 0 Å². The predicted molar refractivity (Wildman–Crippen MR) is 107 cm³/mol. The summed E-state index contributed by atoms with van der Waals surface area (Å²) in [6, 6.07) is 19.3. The van der Waals surface area contributed by atoms with Gasteiger partial charge in [0.15, 0.2) is 4.96 Å². The summed E-state index contributed by atoms with van der Waals surface area (Å²) in [5.74, 6) is 1.41. The Morgan fingerprint density at radius 3 is 2.85 bits per heavy atom. The van der Waals surface area contributed by atoms with Crippen LogP contribution in [0.15, 0.2) is 74.3 Å². The number of aromatic nitrogens is 2. The van der Waals surface area contributed by atoms with E-state index in [-0.39, 0.29) is 5.56 Å². The molecule has 0 bridgehead atoms. The van der Waals surface area contributed by atoms with E-state index < -0.39 is 0 Å². The van der Waals surface area contributed by atoms with Crippen LogP contribution >= 0.6 is 27.3 Å². The number of fused-ring (bicyclic) bond motifs is 3. The third kappa shape index (κ3) is 2.50. The van der Waals surface area contributed by atoms with E-state index in [1.54, 1.807) is 10.5 Å². The van der Waals surface area contributed by atoms with Crippen LogP contribution in [0.2, 0.25) is 0 Å². The maximum Gasteiger partial charge on any atom is 0.275 e. The molecule has 0 saturated carbocycles. The van der Waals surface area contributed by atoms with Crippen molar-refractivity contribution in [2.24, 2.45) is 0 Å². The second-order valence-corrected chi connectivity index (χ2v) is 7.77. The Hall–Kier alpha value is -2.70. The normalized spacial score (nSPS) is 12.4. The van der Waals surface area contributed by atoms with Crippen LogP contribution in [-0.2, 0) is 0 Å². The summed E-state index contributed by atoms with van der Waals surface area (Å²) in [6.07, 6.45) is 1.78. The zero-order valence-electron chi connectivity index (χ0n) is 13.3. The van der Waals surface area contributed by atoms with Crippen LogP contribution in [0.1, 0.15) is 5.76 Å². The smallest absolute Gasteiger partial charge is 0.275 e. The van der Waals surface area contributed by atoms with E-state index in [9.17, 15) is 4.79 Å². The van der Waals surface area contributed by atoms with Gasteiger partial charge in [-0.3, -0.25) is 4.79 Å². The Morgan fingerprint density at radius 1 is 1.08 bits per heavy atom. The topological polar surface area (TPSA) is 47.5 Å². The van der Waals surface area contributed by atoms with E-state index >= 15 is 0 Å². The SMILES string of the molecule is O=c1/c(=C\c2ccc(-c3cccc(Br)c3)o2)sc2nc3ccccc3n12. The zero-order valence-corrected chi connectivity index (χ0v) is 15.8. The van der Waals surface area contributed by atoms with Crippen molar-refractivity contribution < 1.29 is 4.42 Å². The van der Waals surface area contributed by atoms with E-state index in [0.29, 0.717) is 15.3 Å². The van der Waals surface area contributed by atoms with Gasteiger partial charge in [0, 0.05) is 16.1 Å². The van der Waals surface area contributed by atoms with Crippen molar-refractivity contribution >= 4 is 49.3 Å². The lowest BCUT2D eigenvalue weighted by atomic mass is 10.2. The average molecular weight is 423 g/mol. The first-order valence-corrected chi connectivity index (χ1v) is 9.57. The Morgan fingerprint density at radius 2 is 1.96 bits per heavy atom. The van der Waals surface area contributed by atoms with Gasteiger partial charge in [0.25, 0.3) is 5.56 Å². The summed E-state index contributed by atoms with van der Waals surface area (Å²) < 4.78 is 9.16. The molecule has 2 aromatic carbocycles. The molecular formula is C20H11BrN2O2S. The minimum Gasteiger partial charge on any atom is -0.457 e. The quantitative estimate of drug-likeness (QED) is 0.421. The molecule has 6 heteroatoms. The molecule has 126 valence electrons. The number of hydrogen-bond acceptors (Lipinski definition) is 4. The Labute approximate surface area is 160 Å². The van der Waals surface area contributed by atoms with Gasteiger partial charge in [-0.1, -0.05) is 51.5 Å². The standard InChI is InChI=1S/C20H11BrN2O2S/c21-13-5-3-4-12(10-13)17-9-8-14(25-17)11-18-19(24)23-16-7-2-1-6-15(16)22-20(23)26-18/h1-11H/b18-11+. The highest BCUT2D eigenvalue weighted by Crippen LogP contribution is 2.25. The van der Waals surface area contributed by atoms with Crippen molar-refractivity contribution in [3.8, 4) is 11.3 Å². The minimum atomic E-state index is -0.0703. The van der Waals surface area contributed by atoms with E-state index in [0.717, 1.165) is 26.8 Å². The van der Waals surface area contributed by atoms with Gasteiger partial charge in [0.2, 0.25) is 0 Å². The Balaban J connectivity index is 1.63. The second-order valence-electron chi connectivity index (χ2n) is 5.85. The Kier molecular flexibility index (Phi) is 3.55. The summed E-state index contributed by atoms with van der Waals surface area (Å²) in [6.45, 7) is 0. The fourth-order valence-electron chi connectivity index (χ4n) is 2.97. The summed E-state index contributed by atoms with van der Waals surface area (Å²) in [7, 11) is 0. The van der Waals surface area contributed by atoms with Crippen molar-refractivity contribution in [2.45, 2.75) is 0 Å². The van der Waals surface area contributed by atoms with E-state index in [4.69, 9.17) is 4.42 Å². The Bertz CT molecular complexity index is 1380. The van der Waals surface area contributed by atoms with Gasteiger partial charge < -0.3 is 4.42 Å². The van der Waals surface area contributed by atoms with E-state index in [1.165, 1.54) is 11.3 Å². The molecule has 3 aromatic heterocycles. The maximum absolute atomic E-state index is 12.8. The molecule has 5 rings (SSSR count). The first kappa shape index (κ1) is 15.5. The number of nitrogens with zero attached hydrogens (tertiary/aromatic N) is 2. The van der Waals surface area contributed by atoms with Crippen molar-refractivity contribution in [3.05, 3.63) is 85.8 Å². The molecule has 5 aromatic rings. The molecule has 4 nitrogen and oxygen atoms in total. The number of thiazole rings is 1. The van der Waals surface area contributed by atoms with Gasteiger partial charge in [0.1, 0.15) is 16.1 Å². The average Bonchev–Trinajstić information content (AvgIpc) is 3.31. The third-order valence-electron chi connectivity index (χ3n) is 4.15. The van der Waals surface area contributed by atoms with Crippen LogP contribution in [0.4, 0.5) is 0 Å². The summed E-state index contributed by atoms with van der Waals surface area (Å²) in [4.78, 5) is 18.0. The predicted octanol–water partition coefficient (Wildman–Crippen LogP) is 4.48. The van der Waals surface area contributed by atoms with Gasteiger partial charge in [-0.05, 0) is 36.4 Å². The van der Waals surface area contributed by atoms with Gasteiger partial charge in [-0.2, -0.15) is 0 Å². The molecule has 0 radical (unpaired) electrons. The van der Waals surface area contributed by atoms with Crippen LogP contribution in [0.5, 0.6) is 0 Å². The molecular weight excluding hydrogens is 412 g/mol. The van der Waals surface area contributed by atoms with Crippen LogP contribution in [0.25, 0.3) is 33.4 Å². The lowest BCUT2D eigenvalue weighted by Gasteiger charge is -1.96. The number of furan rings is 1. The molecule has 0 N–H and O–H groups in total. The van der Waals surface area contributed by atoms with Gasteiger partial charge in [-0.15, -0.1) is 0 Å². The first-order valence-electron chi connectivity index (χ1n) is 7.96.